The molecule has 0 aliphatic carbocycles. The Morgan fingerprint density at radius 1 is 0.240 bits per heavy atom. The first-order valence-corrected chi connectivity index (χ1v) is 16.8. The zero-order chi connectivity index (χ0) is 33.0. The number of hydrogen-bond donors (Lipinski definition) is 0. The number of rotatable bonds is 4. The van der Waals surface area contributed by atoms with Crippen LogP contribution in [0.25, 0.3) is 99.4 Å². The summed E-state index contributed by atoms with van der Waals surface area (Å²) in [6, 6.07) is 59.0. The van der Waals surface area contributed by atoms with Crippen LogP contribution in [-0.2, 0) is 0 Å². The van der Waals surface area contributed by atoms with Crippen molar-refractivity contribution in [3.05, 3.63) is 170 Å². The van der Waals surface area contributed by atoms with Crippen LogP contribution in [0.1, 0.15) is 0 Å². The van der Waals surface area contributed by atoms with Crippen LogP contribution >= 0.6 is 0 Å². The minimum atomic E-state index is 0.899. The van der Waals surface area contributed by atoms with E-state index in [2.05, 4.69) is 133 Å². The zero-order valence-electron chi connectivity index (χ0n) is 27.0. The van der Waals surface area contributed by atoms with Crippen molar-refractivity contribution in [3.63, 3.8) is 0 Å². The molecule has 0 fully saturated rings. The highest BCUT2D eigenvalue weighted by molar-refractivity contribution is 6.08. The van der Waals surface area contributed by atoms with E-state index < -0.39 is 0 Å². The van der Waals surface area contributed by atoms with Gasteiger partial charge in [-0.2, -0.15) is 0 Å². The molecule has 4 heteroatoms. The van der Waals surface area contributed by atoms with Crippen LogP contribution in [0.5, 0.6) is 0 Å². The molecule has 0 radical (unpaired) electrons. The second-order valence-electron chi connectivity index (χ2n) is 12.6. The smallest absolute Gasteiger partial charge is 0.0972 e. The van der Waals surface area contributed by atoms with Crippen molar-refractivity contribution in [2.45, 2.75) is 0 Å². The van der Waals surface area contributed by atoms with Crippen LogP contribution in [0.4, 0.5) is 0 Å². The lowest BCUT2D eigenvalue weighted by molar-refractivity contribution is 1.37. The Morgan fingerprint density at radius 3 is 0.940 bits per heavy atom. The van der Waals surface area contributed by atoms with Gasteiger partial charge in [0, 0.05) is 43.8 Å². The zero-order valence-corrected chi connectivity index (χ0v) is 27.0. The number of fused-ring (bicyclic) bond motifs is 7. The van der Waals surface area contributed by atoms with E-state index in [0.29, 0.717) is 0 Å². The highest BCUT2D eigenvalue weighted by Crippen LogP contribution is 2.36. The third-order valence-corrected chi connectivity index (χ3v) is 9.65. The molecule has 0 aliphatic heterocycles. The lowest BCUT2D eigenvalue weighted by atomic mass is 9.95. The van der Waals surface area contributed by atoms with Gasteiger partial charge in [0.25, 0.3) is 0 Å². The molecule has 4 aromatic heterocycles. The van der Waals surface area contributed by atoms with Gasteiger partial charge in [0.1, 0.15) is 0 Å². The number of benzene rings is 6. The molecule has 0 saturated carbocycles. The Hall–Kier alpha value is -6.78. The average molecular weight is 637 g/mol. The van der Waals surface area contributed by atoms with Crippen LogP contribution in [0.2, 0.25) is 0 Å². The van der Waals surface area contributed by atoms with Gasteiger partial charge in [-0.15, -0.1) is 0 Å². The molecule has 0 unspecified atom stereocenters. The summed E-state index contributed by atoms with van der Waals surface area (Å²) >= 11 is 0. The third-order valence-electron chi connectivity index (χ3n) is 9.65. The van der Waals surface area contributed by atoms with Gasteiger partial charge in [-0.1, -0.05) is 146 Å². The molecule has 0 N–H and O–H groups in total. The fourth-order valence-electron chi connectivity index (χ4n) is 7.13. The van der Waals surface area contributed by atoms with E-state index in [9.17, 15) is 0 Å². The van der Waals surface area contributed by atoms with Gasteiger partial charge in [-0.25, -0.2) is 19.9 Å². The predicted molar refractivity (Wildman–Crippen MR) is 207 cm³/mol. The summed E-state index contributed by atoms with van der Waals surface area (Å²) < 4.78 is 0. The molecule has 0 aliphatic rings. The molecule has 0 atom stereocenters. The van der Waals surface area contributed by atoms with E-state index in [0.717, 1.165) is 99.4 Å². The first-order valence-electron chi connectivity index (χ1n) is 16.8. The Balaban J connectivity index is 1.12. The molecule has 50 heavy (non-hydrogen) atoms. The number of hydrogen-bond acceptors (Lipinski definition) is 4. The van der Waals surface area contributed by atoms with E-state index in [1.54, 1.807) is 0 Å². The highest BCUT2D eigenvalue weighted by atomic mass is 14.8. The monoisotopic (exact) mass is 636 g/mol. The molecular weight excluding hydrogens is 609 g/mol. The second-order valence-corrected chi connectivity index (χ2v) is 12.6. The normalized spacial score (nSPS) is 11.6. The van der Waals surface area contributed by atoms with Gasteiger partial charge in [-0.05, 0) is 35.0 Å². The van der Waals surface area contributed by atoms with Gasteiger partial charge in [0.15, 0.2) is 0 Å². The van der Waals surface area contributed by atoms with Gasteiger partial charge in [0.2, 0.25) is 0 Å². The van der Waals surface area contributed by atoms with E-state index >= 15 is 0 Å². The topological polar surface area (TPSA) is 51.6 Å². The maximum absolute atomic E-state index is 5.28. The summed E-state index contributed by atoms with van der Waals surface area (Å²) in [4.78, 5) is 20.8. The lowest BCUT2D eigenvalue weighted by Crippen LogP contribution is -1.93. The molecule has 232 valence electrons. The molecule has 4 heterocycles. The lowest BCUT2D eigenvalue weighted by Gasteiger charge is -2.13. The number of nitrogens with zero attached hydrogens (tertiary/aromatic N) is 4. The molecule has 10 aromatic rings. The van der Waals surface area contributed by atoms with Crippen molar-refractivity contribution >= 4 is 54.4 Å². The Kier molecular flexibility index (Phi) is 6.46. The van der Waals surface area contributed by atoms with Crippen LogP contribution in [0.3, 0.4) is 0 Å². The maximum atomic E-state index is 5.28. The van der Waals surface area contributed by atoms with Crippen molar-refractivity contribution < 1.29 is 0 Å². The van der Waals surface area contributed by atoms with E-state index in [1.807, 2.05) is 36.4 Å². The first-order chi connectivity index (χ1) is 24.8. The number of pyridine rings is 4. The summed E-state index contributed by atoms with van der Waals surface area (Å²) in [5.74, 6) is 0. The minimum absolute atomic E-state index is 0.899. The largest absolute Gasteiger partial charge is 0.245 e. The standard InChI is InChI=1S/C46H28N4/c1-3-9-29(10-4-1)39-25-21-31-17-19-33-23-27-41(49-45(33)43(31)47-39)37-15-7-14-36-35(37)13-8-16-38(36)42-28-24-34-20-18-32-22-26-40(30-11-5-2-6-12-30)48-44(32)46(34)50-42/h1-28H. The van der Waals surface area contributed by atoms with Gasteiger partial charge < -0.3 is 0 Å². The fourth-order valence-corrected chi connectivity index (χ4v) is 7.13. The van der Waals surface area contributed by atoms with E-state index in [-0.39, 0.29) is 0 Å². The predicted octanol–water partition coefficient (Wildman–Crippen LogP) is 11.7. The molecule has 4 nitrogen and oxygen atoms in total. The van der Waals surface area contributed by atoms with Crippen molar-refractivity contribution in [1.82, 2.24) is 19.9 Å². The molecule has 0 saturated heterocycles. The second kappa shape index (κ2) is 11.4. The van der Waals surface area contributed by atoms with Gasteiger partial charge >= 0.3 is 0 Å². The Labute approximate surface area is 288 Å². The summed E-state index contributed by atoms with van der Waals surface area (Å²) in [6.07, 6.45) is 0. The Bertz CT molecular complexity index is 2720. The molecule has 10 rings (SSSR count). The summed E-state index contributed by atoms with van der Waals surface area (Å²) in [5.41, 5.74) is 11.6. The van der Waals surface area contributed by atoms with Crippen molar-refractivity contribution in [1.29, 1.82) is 0 Å². The van der Waals surface area contributed by atoms with E-state index in [1.165, 1.54) is 0 Å². The number of aromatic nitrogens is 4. The van der Waals surface area contributed by atoms with Crippen LogP contribution in [0, 0.1) is 0 Å². The minimum Gasteiger partial charge on any atom is -0.245 e. The molecule has 0 amide bonds. The average Bonchev–Trinajstić information content (AvgIpc) is 3.20. The summed E-state index contributed by atoms with van der Waals surface area (Å²) in [5, 5.41) is 6.52. The highest BCUT2D eigenvalue weighted by Gasteiger charge is 2.14. The van der Waals surface area contributed by atoms with Crippen molar-refractivity contribution in [2.75, 3.05) is 0 Å². The van der Waals surface area contributed by atoms with Crippen LogP contribution < -0.4 is 0 Å². The van der Waals surface area contributed by atoms with Crippen molar-refractivity contribution in [2.24, 2.45) is 0 Å². The van der Waals surface area contributed by atoms with Crippen molar-refractivity contribution in [3.8, 4) is 45.0 Å². The third kappa shape index (κ3) is 4.69. The van der Waals surface area contributed by atoms with Crippen LogP contribution in [0.15, 0.2) is 170 Å². The molecule has 0 spiro atoms. The van der Waals surface area contributed by atoms with E-state index in [4.69, 9.17) is 19.9 Å². The molecule has 0 bridgehead atoms. The van der Waals surface area contributed by atoms with Gasteiger partial charge in [-0.3, -0.25) is 0 Å². The summed E-state index contributed by atoms with van der Waals surface area (Å²) in [7, 11) is 0. The molecule has 6 aromatic carbocycles. The molecular formula is C46H28N4. The van der Waals surface area contributed by atoms with Crippen LogP contribution in [-0.4, -0.2) is 19.9 Å². The summed E-state index contributed by atoms with van der Waals surface area (Å²) in [6.45, 7) is 0. The van der Waals surface area contributed by atoms with Gasteiger partial charge in [0.05, 0.1) is 44.8 Å². The first kappa shape index (κ1) is 28.3. The SMILES string of the molecule is c1ccc(-c2ccc3ccc4ccc(-c5cccc6c(-c7ccc8ccc9ccc(-c%10ccccc%10)nc9c8n7)cccc56)nc4c3n2)cc1. The quantitative estimate of drug-likeness (QED) is 0.180. The maximum Gasteiger partial charge on any atom is 0.0972 e. The Morgan fingerprint density at radius 2 is 0.560 bits per heavy atom. The fraction of sp³-hybridized carbons (Fsp3) is 0.